The van der Waals surface area contributed by atoms with Gasteiger partial charge in [0.05, 0.1) is 0 Å². The summed E-state index contributed by atoms with van der Waals surface area (Å²) >= 11 is 0. The fraction of sp³-hybridized carbons (Fsp3) is 0.579. The van der Waals surface area contributed by atoms with Crippen LogP contribution in [0.2, 0.25) is 0 Å². The zero-order chi connectivity index (χ0) is 15.9. The van der Waals surface area contributed by atoms with Gasteiger partial charge in [0.25, 0.3) is 5.91 Å². The Labute approximate surface area is 139 Å². The van der Waals surface area contributed by atoms with Crippen LogP contribution in [-0.4, -0.2) is 30.5 Å². The highest BCUT2D eigenvalue weighted by Gasteiger charge is 2.14. The zero-order valence-electron chi connectivity index (χ0n) is 13.9. The van der Waals surface area contributed by atoms with E-state index < -0.39 is 0 Å². The Morgan fingerprint density at radius 1 is 1.17 bits per heavy atom. The van der Waals surface area contributed by atoms with E-state index in [4.69, 9.17) is 0 Å². The highest BCUT2D eigenvalue weighted by molar-refractivity contribution is 5.93. The van der Waals surface area contributed by atoms with Crippen molar-refractivity contribution in [3.8, 4) is 0 Å². The normalized spacial score (nSPS) is 18.4. The number of allylic oxidation sites excluding steroid dienone is 1. The molecule has 0 aromatic carbocycles. The molecule has 0 radical (unpaired) electrons. The van der Waals surface area contributed by atoms with Crippen LogP contribution in [0.1, 0.15) is 61.9 Å². The second kappa shape index (κ2) is 8.14. The van der Waals surface area contributed by atoms with Gasteiger partial charge in [-0.15, -0.1) is 0 Å². The van der Waals surface area contributed by atoms with E-state index >= 15 is 0 Å². The molecule has 1 aromatic heterocycles. The number of hydrogen-bond donors (Lipinski definition) is 1. The number of carbonyl (C=O) groups excluding carboxylic acids is 1. The van der Waals surface area contributed by atoms with Gasteiger partial charge in [0.15, 0.2) is 0 Å². The van der Waals surface area contributed by atoms with Gasteiger partial charge in [-0.05, 0) is 63.5 Å². The Morgan fingerprint density at radius 2 is 2.04 bits per heavy atom. The van der Waals surface area contributed by atoms with E-state index in [-0.39, 0.29) is 5.91 Å². The van der Waals surface area contributed by atoms with Gasteiger partial charge in [-0.3, -0.25) is 9.78 Å². The van der Waals surface area contributed by atoms with E-state index in [9.17, 15) is 4.79 Å². The average molecular weight is 313 g/mol. The molecule has 1 saturated heterocycles. The lowest BCUT2D eigenvalue weighted by Crippen LogP contribution is -2.30. The molecule has 23 heavy (non-hydrogen) atoms. The van der Waals surface area contributed by atoms with Gasteiger partial charge in [-0.25, -0.2) is 0 Å². The smallest absolute Gasteiger partial charge is 0.269 e. The molecule has 0 unspecified atom stereocenters. The van der Waals surface area contributed by atoms with Gasteiger partial charge in [0.1, 0.15) is 5.69 Å². The van der Waals surface area contributed by atoms with E-state index in [0.29, 0.717) is 12.2 Å². The van der Waals surface area contributed by atoms with Crippen LogP contribution >= 0.6 is 0 Å². The minimum Gasteiger partial charge on any atom is -0.371 e. The molecule has 1 amide bonds. The zero-order valence-corrected chi connectivity index (χ0v) is 13.9. The summed E-state index contributed by atoms with van der Waals surface area (Å²) in [4.78, 5) is 18.9. The van der Waals surface area contributed by atoms with Crippen LogP contribution in [0.4, 0.5) is 5.69 Å². The minimum atomic E-state index is -0.0553. The van der Waals surface area contributed by atoms with Crippen LogP contribution in [0.25, 0.3) is 0 Å². The fourth-order valence-electron chi connectivity index (χ4n) is 3.45. The van der Waals surface area contributed by atoms with E-state index in [1.54, 1.807) is 6.20 Å². The molecule has 1 aliphatic heterocycles. The second-order valence-electron chi connectivity index (χ2n) is 6.56. The first-order valence-corrected chi connectivity index (χ1v) is 9.00. The first-order valence-electron chi connectivity index (χ1n) is 9.00. The number of hydrogen-bond acceptors (Lipinski definition) is 3. The van der Waals surface area contributed by atoms with Crippen molar-refractivity contribution in [2.75, 3.05) is 24.5 Å². The lowest BCUT2D eigenvalue weighted by molar-refractivity contribution is 0.0949. The van der Waals surface area contributed by atoms with Gasteiger partial charge >= 0.3 is 0 Å². The van der Waals surface area contributed by atoms with Crippen molar-refractivity contribution >= 4 is 11.6 Å². The molecule has 0 bridgehead atoms. The van der Waals surface area contributed by atoms with E-state index in [2.05, 4.69) is 21.3 Å². The molecule has 2 heterocycles. The summed E-state index contributed by atoms with van der Waals surface area (Å²) in [6, 6.07) is 3.94. The highest BCUT2D eigenvalue weighted by Crippen LogP contribution is 2.21. The maximum Gasteiger partial charge on any atom is 0.269 e. The summed E-state index contributed by atoms with van der Waals surface area (Å²) in [5.74, 6) is -0.0553. The standard InChI is InChI=1S/C19H27N3O/c23-19(21-11-9-16-7-3-1-4-8-16)18-15-17(10-12-20-18)22-13-5-2-6-14-22/h7,10,12,15H,1-6,8-9,11,13-14H2,(H,21,23). The molecule has 4 heteroatoms. The lowest BCUT2D eigenvalue weighted by Gasteiger charge is -2.28. The van der Waals surface area contributed by atoms with Crippen molar-refractivity contribution in [1.82, 2.24) is 10.3 Å². The number of anilines is 1. The Kier molecular flexibility index (Phi) is 5.67. The Morgan fingerprint density at radius 3 is 2.83 bits per heavy atom. The van der Waals surface area contributed by atoms with E-state index in [1.807, 2.05) is 12.1 Å². The third-order valence-corrected chi connectivity index (χ3v) is 4.81. The van der Waals surface area contributed by atoms with Gasteiger partial charge in [-0.2, -0.15) is 0 Å². The number of aromatic nitrogens is 1. The molecular formula is C19H27N3O. The first-order chi connectivity index (χ1) is 11.3. The molecule has 1 N–H and O–H groups in total. The molecule has 0 spiro atoms. The number of amides is 1. The average Bonchev–Trinajstić information content (AvgIpc) is 2.63. The van der Waals surface area contributed by atoms with Gasteiger partial charge in [0, 0.05) is 31.5 Å². The lowest BCUT2D eigenvalue weighted by atomic mass is 9.97. The number of pyridine rings is 1. The summed E-state index contributed by atoms with van der Waals surface area (Å²) in [7, 11) is 0. The molecule has 1 aromatic rings. The molecule has 4 nitrogen and oxygen atoms in total. The highest BCUT2D eigenvalue weighted by atomic mass is 16.1. The monoisotopic (exact) mass is 313 g/mol. The van der Waals surface area contributed by atoms with E-state index in [0.717, 1.165) is 25.2 Å². The maximum atomic E-state index is 12.3. The van der Waals surface area contributed by atoms with Gasteiger partial charge in [-0.1, -0.05) is 11.6 Å². The summed E-state index contributed by atoms with van der Waals surface area (Å²) in [6.07, 6.45) is 13.8. The third kappa shape index (κ3) is 4.57. The maximum absolute atomic E-state index is 12.3. The van der Waals surface area contributed by atoms with Crippen LogP contribution in [0.3, 0.4) is 0 Å². The quantitative estimate of drug-likeness (QED) is 0.843. The predicted octanol–water partition coefficient (Wildman–Crippen LogP) is 3.69. The molecule has 0 saturated carbocycles. The number of nitrogens with one attached hydrogen (secondary N) is 1. The molecule has 1 fully saturated rings. The van der Waals surface area contributed by atoms with Gasteiger partial charge < -0.3 is 10.2 Å². The van der Waals surface area contributed by atoms with Crippen molar-refractivity contribution < 1.29 is 4.79 Å². The first kappa shape index (κ1) is 16.0. The number of rotatable bonds is 5. The SMILES string of the molecule is O=C(NCCC1=CCCCC1)c1cc(N2CCCCC2)ccn1. The van der Waals surface area contributed by atoms with Crippen molar-refractivity contribution in [3.05, 3.63) is 35.7 Å². The number of nitrogens with zero attached hydrogens (tertiary/aromatic N) is 2. The summed E-state index contributed by atoms with van der Waals surface area (Å²) < 4.78 is 0. The molecular weight excluding hydrogens is 286 g/mol. The second-order valence-corrected chi connectivity index (χ2v) is 6.56. The largest absolute Gasteiger partial charge is 0.371 e. The van der Waals surface area contributed by atoms with Crippen molar-refractivity contribution in [1.29, 1.82) is 0 Å². The molecule has 0 atom stereocenters. The Hall–Kier alpha value is -1.84. The summed E-state index contributed by atoms with van der Waals surface area (Å²) in [6.45, 7) is 2.87. The Bertz CT molecular complexity index is 561. The molecule has 2 aliphatic rings. The topological polar surface area (TPSA) is 45.2 Å². The summed E-state index contributed by atoms with van der Waals surface area (Å²) in [5.41, 5.74) is 3.15. The predicted molar refractivity (Wildman–Crippen MR) is 93.8 cm³/mol. The molecule has 1 aliphatic carbocycles. The van der Waals surface area contributed by atoms with E-state index in [1.165, 1.54) is 50.5 Å². The number of piperidine rings is 1. The van der Waals surface area contributed by atoms with Crippen molar-refractivity contribution in [2.24, 2.45) is 0 Å². The van der Waals surface area contributed by atoms with Gasteiger partial charge in [0.2, 0.25) is 0 Å². The van der Waals surface area contributed by atoms with Crippen LogP contribution in [0, 0.1) is 0 Å². The summed E-state index contributed by atoms with van der Waals surface area (Å²) in [5, 5.41) is 3.02. The number of carbonyl (C=O) groups is 1. The van der Waals surface area contributed by atoms with Crippen LogP contribution in [0.5, 0.6) is 0 Å². The fourth-order valence-corrected chi connectivity index (χ4v) is 3.45. The van der Waals surface area contributed by atoms with Crippen molar-refractivity contribution in [3.63, 3.8) is 0 Å². The third-order valence-electron chi connectivity index (χ3n) is 4.81. The minimum absolute atomic E-state index is 0.0553. The van der Waals surface area contributed by atoms with Crippen LogP contribution in [-0.2, 0) is 0 Å². The Balaban J connectivity index is 1.53. The molecule has 3 rings (SSSR count). The van der Waals surface area contributed by atoms with Crippen LogP contribution in [0.15, 0.2) is 30.0 Å². The van der Waals surface area contributed by atoms with Crippen molar-refractivity contribution in [2.45, 2.75) is 51.4 Å². The molecule has 124 valence electrons. The van der Waals surface area contributed by atoms with Crippen LogP contribution < -0.4 is 10.2 Å².